The van der Waals surface area contributed by atoms with Crippen molar-refractivity contribution in [2.75, 3.05) is 0 Å². The number of hydrogen-bond donors (Lipinski definition) is 1. The third kappa shape index (κ3) is 2.96. The first-order valence-electron chi connectivity index (χ1n) is 6.74. The predicted molar refractivity (Wildman–Crippen MR) is 76.0 cm³/mol. The molecule has 1 aliphatic rings. The summed E-state index contributed by atoms with van der Waals surface area (Å²) in [4.78, 5) is 11.1. The molecule has 0 unspecified atom stereocenters. The fourth-order valence-corrected chi connectivity index (χ4v) is 2.58. The van der Waals surface area contributed by atoms with Gasteiger partial charge in [-0.1, -0.05) is 20.8 Å². The quantitative estimate of drug-likeness (QED) is 0.849. The number of aryl methyl sites for hydroxylation is 1. The third-order valence-electron chi connectivity index (χ3n) is 3.55. The minimum Gasteiger partial charge on any atom is -0.478 e. The fourth-order valence-electron chi connectivity index (χ4n) is 2.58. The normalized spacial score (nSPS) is 18.3. The number of benzene rings is 1. The number of rotatable bonds is 1. The van der Waals surface area contributed by atoms with E-state index in [1.807, 2.05) is 27.7 Å². The van der Waals surface area contributed by atoms with Gasteiger partial charge in [0.1, 0.15) is 5.75 Å². The standard InChI is InChI=1S/C16H17F3O3/c1-8-5-9-6-10(14(20)21)13(16(17,18)19)22-12(9)7-11(8)15(2,3)4/h5-7,13H,1-4H3,(H,20,21)/t13-/m0/s1. The second-order valence-corrected chi connectivity index (χ2v) is 6.40. The summed E-state index contributed by atoms with van der Waals surface area (Å²) in [5.74, 6) is -1.58. The molecule has 1 aliphatic heterocycles. The lowest BCUT2D eigenvalue weighted by molar-refractivity contribution is -0.187. The molecule has 1 aromatic carbocycles. The average molecular weight is 314 g/mol. The van der Waals surface area contributed by atoms with Gasteiger partial charge in [-0.25, -0.2) is 4.79 Å². The number of halogens is 3. The van der Waals surface area contributed by atoms with Crippen LogP contribution in [0, 0.1) is 6.92 Å². The van der Waals surface area contributed by atoms with E-state index < -0.39 is 23.8 Å². The van der Waals surface area contributed by atoms with Crippen LogP contribution < -0.4 is 4.74 Å². The van der Waals surface area contributed by atoms with Gasteiger partial charge in [-0.15, -0.1) is 0 Å². The fraction of sp³-hybridized carbons (Fsp3) is 0.438. The van der Waals surface area contributed by atoms with Gasteiger partial charge in [-0.05, 0) is 41.7 Å². The Morgan fingerprint density at radius 3 is 2.27 bits per heavy atom. The summed E-state index contributed by atoms with van der Waals surface area (Å²) in [6.45, 7) is 7.68. The Kier molecular flexibility index (Phi) is 3.75. The molecule has 0 spiro atoms. The highest BCUT2D eigenvalue weighted by Gasteiger charge is 2.48. The minimum absolute atomic E-state index is 0.0582. The molecule has 0 amide bonds. The highest BCUT2D eigenvalue weighted by molar-refractivity contribution is 5.95. The van der Waals surface area contributed by atoms with E-state index >= 15 is 0 Å². The highest BCUT2D eigenvalue weighted by Crippen LogP contribution is 2.40. The molecule has 1 aromatic rings. The Labute approximate surface area is 126 Å². The molecule has 0 fully saturated rings. The molecule has 1 atom stereocenters. The monoisotopic (exact) mass is 314 g/mol. The maximum Gasteiger partial charge on any atom is 0.430 e. The first-order valence-corrected chi connectivity index (χ1v) is 6.74. The van der Waals surface area contributed by atoms with Gasteiger partial charge < -0.3 is 9.84 Å². The number of fused-ring (bicyclic) bond motifs is 1. The second kappa shape index (κ2) is 5.04. The van der Waals surface area contributed by atoms with E-state index in [1.54, 1.807) is 12.1 Å². The number of alkyl halides is 3. The zero-order chi connectivity index (χ0) is 16.9. The lowest BCUT2D eigenvalue weighted by atomic mass is 9.82. The topological polar surface area (TPSA) is 46.5 Å². The van der Waals surface area contributed by atoms with E-state index in [0.29, 0.717) is 5.56 Å². The van der Waals surface area contributed by atoms with Crippen LogP contribution in [0.1, 0.15) is 37.5 Å². The number of hydrogen-bond acceptors (Lipinski definition) is 2. The summed E-state index contributed by atoms with van der Waals surface area (Å²) in [7, 11) is 0. The van der Waals surface area contributed by atoms with Crippen molar-refractivity contribution in [2.24, 2.45) is 0 Å². The summed E-state index contributed by atoms with van der Waals surface area (Å²) in [6.07, 6.45) is -6.19. The predicted octanol–water partition coefficient (Wildman–Crippen LogP) is 4.08. The van der Waals surface area contributed by atoms with E-state index in [0.717, 1.165) is 17.2 Å². The van der Waals surface area contributed by atoms with E-state index in [-0.39, 0.29) is 11.2 Å². The molecule has 120 valence electrons. The molecule has 0 aromatic heterocycles. The van der Waals surface area contributed by atoms with Crippen LogP contribution in [0.2, 0.25) is 0 Å². The van der Waals surface area contributed by atoms with Gasteiger partial charge in [0.2, 0.25) is 6.10 Å². The van der Waals surface area contributed by atoms with Crippen LogP contribution in [-0.2, 0) is 10.2 Å². The molecule has 22 heavy (non-hydrogen) atoms. The van der Waals surface area contributed by atoms with E-state index in [2.05, 4.69) is 0 Å². The van der Waals surface area contributed by atoms with Gasteiger partial charge in [0.25, 0.3) is 0 Å². The van der Waals surface area contributed by atoms with Crippen LogP contribution in [0.15, 0.2) is 17.7 Å². The van der Waals surface area contributed by atoms with Crippen molar-refractivity contribution in [3.8, 4) is 5.75 Å². The van der Waals surface area contributed by atoms with Crippen LogP contribution >= 0.6 is 0 Å². The molecular weight excluding hydrogens is 297 g/mol. The summed E-state index contributed by atoms with van der Waals surface area (Å²) in [5, 5.41) is 9.00. The smallest absolute Gasteiger partial charge is 0.430 e. The molecule has 1 heterocycles. The van der Waals surface area contributed by atoms with Gasteiger partial charge in [0, 0.05) is 5.56 Å². The Hall–Kier alpha value is -1.98. The molecule has 1 N–H and O–H groups in total. The molecule has 0 saturated carbocycles. The number of carbonyl (C=O) groups is 1. The van der Waals surface area contributed by atoms with E-state index in [1.165, 1.54) is 0 Å². The van der Waals surface area contributed by atoms with Crippen LogP contribution in [-0.4, -0.2) is 23.4 Å². The molecule has 0 bridgehead atoms. The second-order valence-electron chi connectivity index (χ2n) is 6.40. The van der Waals surface area contributed by atoms with Crippen LogP contribution in [0.25, 0.3) is 6.08 Å². The Morgan fingerprint density at radius 2 is 1.82 bits per heavy atom. The lowest BCUT2D eigenvalue weighted by Gasteiger charge is -2.29. The number of carboxylic acid groups (broad SMARTS) is 1. The molecule has 0 radical (unpaired) electrons. The van der Waals surface area contributed by atoms with Gasteiger partial charge in [0.05, 0.1) is 5.57 Å². The molecule has 2 rings (SSSR count). The van der Waals surface area contributed by atoms with Crippen molar-refractivity contribution < 1.29 is 27.8 Å². The van der Waals surface area contributed by atoms with E-state index in [4.69, 9.17) is 9.84 Å². The maximum atomic E-state index is 13.0. The van der Waals surface area contributed by atoms with E-state index in [9.17, 15) is 18.0 Å². The van der Waals surface area contributed by atoms with Crippen molar-refractivity contribution in [2.45, 2.75) is 45.4 Å². The summed E-state index contributed by atoms with van der Waals surface area (Å²) >= 11 is 0. The molecule has 3 nitrogen and oxygen atoms in total. The summed E-state index contributed by atoms with van der Waals surface area (Å²) in [6, 6.07) is 3.23. The third-order valence-corrected chi connectivity index (χ3v) is 3.55. The maximum absolute atomic E-state index is 13.0. The average Bonchev–Trinajstić information content (AvgIpc) is 2.33. The van der Waals surface area contributed by atoms with Crippen molar-refractivity contribution in [3.63, 3.8) is 0 Å². The number of ether oxygens (including phenoxy) is 1. The van der Waals surface area contributed by atoms with Crippen molar-refractivity contribution in [1.29, 1.82) is 0 Å². The SMILES string of the molecule is Cc1cc2c(cc1C(C)(C)C)O[C@H](C(F)(F)F)C(C(=O)O)=C2. The van der Waals surface area contributed by atoms with Crippen molar-refractivity contribution in [1.82, 2.24) is 0 Å². The lowest BCUT2D eigenvalue weighted by Crippen LogP contribution is -2.40. The number of aliphatic carboxylic acids is 1. The minimum atomic E-state index is -4.78. The Morgan fingerprint density at radius 1 is 1.23 bits per heavy atom. The van der Waals surface area contributed by atoms with Crippen molar-refractivity contribution in [3.05, 3.63) is 34.4 Å². The zero-order valence-electron chi connectivity index (χ0n) is 12.7. The number of carboxylic acids is 1. The van der Waals surface area contributed by atoms with Gasteiger partial charge >= 0.3 is 12.1 Å². The first-order chi connectivity index (χ1) is 9.91. The summed E-state index contributed by atoms with van der Waals surface area (Å²) in [5.41, 5.74) is 1.03. The largest absolute Gasteiger partial charge is 0.478 e. The molecular formula is C16H17F3O3. The zero-order valence-corrected chi connectivity index (χ0v) is 12.7. The molecule has 0 saturated heterocycles. The molecule has 6 heteroatoms. The van der Waals surface area contributed by atoms with Crippen LogP contribution in [0.4, 0.5) is 13.2 Å². The van der Waals surface area contributed by atoms with Crippen molar-refractivity contribution >= 4 is 12.0 Å². The van der Waals surface area contributed by atoms with Gasteiger partial charge in [-0.3, -0.25) is 0 Å². The van der Waals surface area contributed by atoms with Gasteiger partial charge in [-0.2, -0.15) is 13.2 Å². The summed E-state index contributed by atoms with van der Waals surface area (Å²) < 4.78 is 44.1. The first kappa shape index (κ1) is 16.4. The Bertz CT molecular complexity index is 652. The Balaban J connectivity index is 2.61. The van der Waals surface area contributed by atoms with Gasteiger partial charge in [0.15, 0.2) is 0 Å². The molecule has 0 aliphatic carbocycles. The van der Waals surface area contributed by atoms with Crippen LogP contribution in [0.3, 0.4) is 0 Å². The highest BCUT2D eigenvalue weighted by atomic mass is 19.4. The van der Waals surface area contributed by atoms with Crippen LogP contribution in [0.5, 0.6) is 5.75 Å².